The summed E-state index contributed by atoms with van der Waals surface area (Å²) < 4.78 is 2.34. The van der Waals surface area contributed by atoms with Crippen LogP contribution in [0.5, 0.6) is 0 Å². The van der Waals surface area contributed by atoms with Crippen molar-refractivity contribution >= 4 is 10.9 Å². The zero-order chi connectivity index (χ0) is 20.8. The number of nitrogens with zero attached hydrogens (tertiary/aromatic N) is 3. The van der Waals surface area contributed by atoms with Crippen LogP contribution in [-0.4, -0.2) is 26.0 Å². The van der Waals surface area contributed by atoms with E-state index in [4.69, 9.17) is 4.98 Å². The fraction of sp³-hybridized carbons (Fsp3) is 0.308. The van der Waals surface area contributed by atoms with E-state index >= 15 is 0 Å². The molecule has 0 saturated heterocycles. The Morgan fingerprint density at radius 1 is 1.00 bits per heavy atom. The summed E-state index contributed by atoms with van der Waals surface area (Å²) in [7, 11) is 0. The molecule has 2 aromatic heterocycles. The average Bonchev–Trinajstić information content (AvgIpc) is 3.60. The van der Waals surface area contributed by atoms with Gasteiger partial charge in [-0.05, 0) is 30.0 Å². The second-order valence-corrected chi connectivity index (χ2v) is 8.90. The molecule has 1 N–H and O–H groups in total. The third-order valence-electron chi connectivity index (χ3n) is 6.59. The fourth-order valence-corrected chi connectivity index (χ4v) is 4.79. The van der Waals surface area contributed by atoms with Crippen LogP contribution in [0.2, 0.25) is 0 Å². The zero-order valence-corrected chi connectivity index (χ0v) is 17.6. The molecule has 2 aliphatic rings. The summed E-state index contributed by atoms with van der Waals surface area (Å²) in [6.45, 7) is 3.30. The SMILES string of the molecule is O=c1[nH]c(C2CC2)nc2c1CN(Cc1cn(Cc3ccccc3)c3ccccc13)CC2. The van der Waals surface area contributed by atoms with Crippen molar-refractivity contribution in [3.05, 3.63) is 99.4 Å². The minimum Gasteiger partial charge on any atom is -0.343 e. The molecule has 1 aliphatic heterocycles. The van der Waals surface area contributed by atoms with E-state index in [1.807, 2.05) is 0 Å². The van der Waals surface area contributed by atoms with Gasteiger partial charge in [-0.2, -0.15) is 0 Å². The first-order chi connectivity index (χ1) is 15.2. The van der Waals surface area contributed by atoms with E-state index in [2.05, 4.69) is 75.2 Å². The summed E-state index contributed by atoms with van der Waals surface area (Å²) in [5, 5.41) is 1.29. The number of hydrogen-bond acceptors (Lipinski definition) is 3. The van der Waals surface area contributed by atoms with Crippen LogP contribution < -0.4 is 5.56 Å². The van der Waals surface area contributed by atoms with Gasteiger partial charge in [0.05, 0.1) is 11.3 Å². The highest BCUT2D eigenvalue weighted by Crippen LogP contribution is 2.38. The molecular formula is C26H26N4O. The minimum atomic E-state index is 0.0584. The monoisotopic (exact) mass is 410 g/mol. The lowest BCUT2D eigenvalue weighted by molar-refractivity contribution is 0.242. The van der Waals surface area contributed by atoms with Gasteiger partial charge in [-0.3, -0.25) is 9.69 Å². The topological polar surface area (TPSA) is 53.9 Å². The molecule has 1 fully saturated rings. The zero-order valence-electron chi connectivity index (χ0n) is 17.6. The Balaban J connectivity index is 1.28. The van der Waals surface area contributed by atoms with E-state index < -0.39 is 0 Å². The van der Waals surface area contributed by atoms with Crippen molar-refractivity contribution < 1.29 is 0 Å². The lowest BCUT2D eigenvalue weighted by Gasteiger charge is -2.27. The van der Waals surface area contributed by atoms with Crippen LogP contribution in [0, 0.1) is 0 Å². The van der Waals surface area contributed by atoms with Crippen molar-refractivity contribution in [2.45, 2.75) is 44.8 Å². The number of H-pyrrole nitrogens is 1. The van der Waals surface area contributed by atoms with Gasteiger partial charge in [-0.1, -0.05) is 48.5 Å². The van der Waals surface area contributed by atoms with Crippen molar-refractivity contribution in [3.8, 4) is 0 Å². The number of hydrogen-bond donors (Lipinski definition) is 1. The normalized spacial score (nSPS) is 16.5. The van der Waals surface area contributed by atoms with E-state index in [-0.39, 0.29) is 5.56 Å². The van der Waals surface area contributed by atoms with Crippen molar-refractivity contribution in [3.63, 3.8) is 0 Å². The molecule has 0 amide bonds. The number of aromatic amines is 1. The molecule has 2 aromatic carbocycles. The third-order valence-corrected chi connectivity index (χ3v) is 6.59. The molecule has 5 nitrogen and oxygen atoms in total. The van der Waals surface area contributed by atoms with Crippen molar-refractivity contribution in [1.82, 2.24) is 19.4 Å². The first-order valence-corrected chi connectivity index (χ1v) is 11.2. The maximum atomic E-state index is 12.7. The molecule has 1 aliphatic carbocycles. The van der Waals surface area contributed by atoms with Crippen LogP contribution in [-0.2, 0) is 26.1 Å². The highest BCUT2D eigenvalue weighted by molar-refractivity contribution is 5.84. The number of aromatic nitrogens is 3. The number of benzene rings is 2. The molecule has 0 spiro atoms. The number of rotatable bonds is 5. The molecule has 0 bridgehead atoms. The number of fused-ring (bicyclic) bond motifs is 2. The minimum absolute atomic E-state index is 0.0584. The molecular weight excluding hydrogens is 384 g/mol. The van der Waals surface area contributed by atoms with Crippen molar-refractivity contribution in [2.24, 2.45) is 0 Å². The Labute approximate surface area is 181 Å². The van der Waals surface area contributed by atoms with Gasteiger partial charge in [0.1, 0.15) is 5.82 Å². The summed E-state index contributed by atoms with van der Waals surface area (Å²) in [5.41, 5.74) is 5.78. The van der Waals surface area contributed by atoms with Gasteiger partial charge in [-0.25, -0.2) is 4.98 Å². The Bertz CT molecular complexity index is 1300. The van der Waals surface area contributed by atoms with E-state index in [1.54, 1.807) is 0 Å². The van der Waals surface area contributed by atoms with Crippen LogP contribution in [0.1, 0.15) is 47.0 Å². The second-order valence-electron chi connectivity index (χ2n) is 8.90. The van der Waals surface area contributed by atoms with E-state index in [1.165, 1.54) is 22.0 Å². The van der Waals surface area contributed by atoms with Crippen LogP contribution in [0.25, 0.3) is 10.9 Å². The Hall–Kier alpha value is -3.18. The van der Waals surface area contributed by atoms with Crippen LogP contribution in [0.3, 0.4) is 0 Å². The second kappa shape index (κ2) is 7.50. The molecule has 31 heavy (non-hydrogen) atoms. The van der Waals surface area contributed by atoms with Gasteiger partial charge in [0.2, 0.25) is 0 Å². The fourth-order valence-electron chi connectivity index (χ4n) is 4.79. The number of para-hydroxylation sites is 1. The summed E-state index contributed by atoms with van der Waals surface area (Å²) in [5.74, 6) is 1.38. The van der Waals surface area contributed by atoms with Gasteiger partial charge in [-0.15, -0.1) is 0 Å². The molecule has 0 atom stereocenters. The quantitative estimate of drug-likeness (QED) is 0.536. The Morgan fingerprint density at radius 3 is 2.65 bits per heavy atom. The lowest BCUT2D eigenvalue weighted by Crippen LogP contribution is -2.35. The first-order valence-electron chi connectivity index (χ1n) is 11.2. The maximum absolute atomic E-state index is 12.7. The first kappa shape index (κ1) is 18.6. The van der Waals surface area contributed by atoms with Gasteiger partial charge >= 0.3 is 0 Å². The lowest BCUT2D eigenvalue weighted by atomic mass is 10.1. The highest BCUT2D eigenvalue weighted by Gasteiger charge is 2.29. The highest BCUT2D eigenvalue weighted by atomic mass is 16.1. The Kier molecular flexibility index (Phi) is 4.50. The summed E-state index contributed by atoms with van der Waals surface area (Å²) >= 11 is 0. The van der Waals surface area contributed by atoms with Crippen LogP contribution in [0.15, 0.2) is 65.6 Å². The molecule has 0 radical (unpaired) electrons. The van der Waals surface area contributed by atoms with Crippen molar-refractivity contribution in [1.29, 1.82) is 0 Å². The summed E-state index contributed by atoms with van der Waals surface area (Å²) in [6.07, 6.45) is 5.44. The van der Waals surface area contributed by atoms with E-state index in [9.17, 15) is 4.79 Å². The van der Waals surface area contributed by atoms with Crippen LogP contribution >= 0.6 is 0 Å². The van der Waals surface area contributed by atoms with E-state index in [0.29, 0.717) is 12.5 Å². The molecule has 6 rings (SSSR count). The number of nitrogens with one attached hydrogen (secondary N) is 1. The third kappa shape index (κ3) is 3.59. The molecule has 156 valence electrons. The van der Waals surface area contributed by atoms with Gasteiger partial charge in [0, 0.05) is 55.6 Å². The average molecular weight is 411 g/mol. The molecule has 3 heterocycles. The van der Waals surface area contributed by atoms with Crippen molar-refractivity contribution in [2.75, 3.05) is 6.54 Å². The molecule has 4 aromatic rings. The molecule has 1 saturated carbocycles. The molecule has 5 heteroatoms. The predicted molar refractivity (Wildman–Crippen MR) is 122 cm³/mol. The predicted octanol–water partition coefficient (Wildman–Crippen LogP) is 4.21. The largest absolute Gasteiger partial charge is 0.343 e. The van der Waals surface area contributed by atoms with Gasteiger partial charge < -0.3 is 9.55 Å². The summed E-state index contributed by atoms with van der Waals surface area (Å²) in [4.78, 5) is 22.9. The summed E-state index contributed by atoms with van der Waals surface area (Å²) in [6, 6.07) is 19.2. The standard InChI is InChI=1S/C26H26N4O/c31-26-22-17-29(13-12-23(22)27-25(28-26)19-10-11-19)15-20-16-30(14-18-6-2-1-3-7-18)24-9-5-4-8-21(20)24/h1-9,16,19H,10-15,17H2,(H,27,28,31). The maximum Gasteiger partial charge on any atom is 0.255 e. The molecule has 0 unspecified atom stereocenters. The smallest absolute Gasteiger partial charge is 0.255 e. The van der Waals surface area contributed by atoms with Crippen LogP contribution in [0.4, 0.5) is 0 Å². The Morgan fingerprint density at radius 2 is 1.81 bits per heavy atom. The van der Waals surface area contributed by atoms with Gasteiger partial charge in [0.25, 0.3) is 5.56 Å². The van der Waals surface area contributed by atoms with E-state index in [0.717, 1.165) is 56.0 Å². The van der Waals surface area contributed by atoms with Gasteiger partial charge in [0.15, 0.2) is 0 Å².